The Labute approximate surface area is 163 Å². The first-order valence-electron chi connectivity index (χ1n) is 10.2. The Hall–Kier alpha value is -2.13. The summed E-state index contributed by atoms with van der Waals surface area (Å²) >= 11 is 0. The van der Waals surface area contributed by atoms with E-state index in [1.54, 1.807) is 0 Å². The van der Waals surface area contributed by atoms with Gasteiger partial charge in [0.2, 0.25) is 5.91 Å². The molecule has 0 saturated carbocycles. The summed E-state index contributed by atoms with van der Waals surface area (Å²) in [4.78, 5) is 17.4. The molecule has 0 aliphatic carbocycles. The molecule has 142 valence electrons. The number of benzene rings is 2. The number of hydrogen-bond donors (Lipinski definition) is 0. The molecule has 27 heavy (non-hydrogen) atoms. The van der Waals surface area contributed by atoms with Crippen molar-refractivity contribution in [2.24, 2.45) is 0 Å². The van der Waals surface area contributed by atoms with Crippen molar-refractivity contribution in [3.63, 3.8) is 0 Å². The highest BCUT2D eigenvalue weighted by Crippen LogP contribution is 2.25. The zero-order valence-corrected chi connectivity index (χ0v) is 16.6. The molecule has 2 aliphatic heterocycles. The topological polar surface area (TPSA) is 23.6 Å². The monoisotopic (exact) mass is 362 g/mol. The van der Waals surface area contributed by atoms with Gasteiger partial charge >= 0.3 is 0 Å². The number of amides is 1. The van der Waals surface area contributed by atoms with Crippen LogP contribution in [0, 0.1) is 13.8 Å². The highest BCUT2D eigenvalue weighted by molar-refractivity contribution is 5.76. The number of carbonyl (C=O) groups excluding carboxylic acids is 1. The molecule has 0 spiro atoms. The SMILES string of the molecule is Cc1ccc(CCC(=O)N2CCC(N3CCc4ccccc4C3)C2)cc1C. The lowest BCUT2D eigenvalue weighted by atomic mass is 9.98. The molecular weight excluding hydrogens is 332 g/mol. The lowest BCUT2D eigenvalue weighted by Crippen LogP contribution is -2.41. The molecule has 0 aromatic heterocycles. The average Bonchev–Trinajstić information content (AvgIpc) is 3.18. The third-order valence-electron chi connectivity index (χ3n) is 6.39. The lowest BCUT2D eigenvalue weighted by molar-refractivity contribution is -0.130. The van der Waals surface area contributed by atoms with Crippen LogP contribution in [0.15, 0.2) is 42.5 Å². The fraction of sp³-hybridized carbons (Fsp3) is 0.458. The third kappa shape index (κ3) is 4.08. The fourth-order valence-corrected chi connectivity index (χ4v) is 4.46. The zero-order chi connectivity index (χ0) is 18.8. The van der Waals surface area contributed by atoms with Gasteiger partial charge in [0, 0.05) is 38.6 Å². The first-order valence-corrected chi connectivity index (χ1v) is 10.2. The average molecular weight is 363 g/mol. The summed E-state index contributed by atoms with van der Waals surface area (Å²) in [5.74, 6) is 0.313. The molecular formula is C24H30N2O. The fourth-order valence-electron chi connectivity index (χ4n) is 4.46. The van der Waals surface area contributed by atoms with Crippen LogP contribution in [0.2, 0.25) is 0 Å². The first kappa shape index (κ1) is 18.2. The van der Waals surface area contributed by atoms with Gasteiger partial charge in [0.15, 0.2) is 0 Å². The zero-order valence-electron chi connectivity index (χ0n) is 16.6. The van der Waals surface area contributed by atoms with Crippen LogP contribution in [-0.4, -0.2) is 41.4 Å². The molecule has 2 aliphatic rings. The Morgan fingerprint density at radius 3 is 2.67 bits per heavy atom. The number of aryl methyl sites for hydroxylation is 3. The summed E-state index contributed by atoms with van der Waals surface area (Å²) < 4.78 is 0. The summed E-state index contributed by atoms with van der Waals surface area (Å²) in [6, 6.07) is 15.8. The van der Waals surface area contributed by atoms with Crippen molar-refractivity contribution in [1.82, 2.24) is 9.80 Å². The van der Waals surface area contributed by atoms with Crippen molar-refractivity contribution >= 4 is 5.91 Å². The van der Waals surface area contributed by atoms with E-state index in [4.69, 9.17) is 0 Å². The van der Waals surface area contributed by atoms with E-state index >= 15 is 0 Å². The molecule has 4 rings (SSSR count). The molecule has 0 bridgehead atoms. The normalized spacial score (nSPS) is 19.9. The molecule has 1 atom stereocenters. The van der Waals surface area contributed by atoms with Gasteiger partial charge in [-0.3, -0.25) is 9.69 Å². The predicted molar refractivity (Wildman–Crippen MR) is 110 cm³/mol. The highest BCUT2D eigenvalue weighted by atomic mass is 16.2. The first-order chi connectivity index (χ1) is 13.1. The van der Waals surface area contributed by atoms with Crippen LogP contribution >= 0.6 is 0 Å². The molecule has 1 fully saturated rings. The Bertz CT molecular complexity index is 829. The minimum absolute atomic E-state index is 0.313. The summed E-state index contributed by atoms with van der Waals surface area (Å²) in [5, 5.41) is 0. The summed E-state index contributed by atoms with van der Waals surface area (Å²) in [5.41, 5.74) is 6.85. The number of likely N-dealkylation sites (tertiary alicyclic amines) is 1. The van der Waals surface area contributed by atoms with Crippen LogP contribution in [0.1, 0.15) is 40.7 Å². The van der Waals surface area contributed by atoms with E-state index in [9.17, 15) is 4.79 Å². The number of carbonyl (C=O) groups is 1. The van der Waals surface area contributed by atoms with Crippen LogP contribution in [-0.2, 0) is 24.2 Å². The van der Waals surface area contributed by atoms with Gasteiger partial charge in [-0.15, -0.1) is 0 Å². The van der Waals surface area contributed by atoms with E-state index in [1.807, 2.05) is 0 Å². The predicted octanol–water partition coefficient (Wildman–Crippen LogP) is 3.90. The van der Waals surface area contributed by atoms with Gasteiger partial charge in [0.1, 0.15) is 0 Å². The maximum Gasteiger partial charge on any atom is 0.222 e. The molecule has 3 heteroatoms. The van der Waals surface area contributed by atoms with Crippen molar-refractivity contribution in [2.75, 3.05) is 19.6 Å². The van der Waals surface area contributed by atoms with Crippen LogP contribution in [0.4, 0.5) is 0 Å². The summed E-state index contributed by atoms with van der Waals surface area (Å²) in [6.45, 7) is 8.23. The second kappa shape index (κ2) is 7.85. The maximum absolute atomic E-state index is 12.7. The Kier molecular flexibility index (Phi) is 5.31. The quantitative estimate of drug-likeness (QED) is 0.824. The third-order valence-corrected chi connectivity index (χ3v) is 6.39. The van der Waals surface area contributed by atoms with E-state index < -0.39 is 0 Å². The summed E-state index contributed by atoms with van der Waals surface area (Å²) in [6.07, 6.45) is 3.71. The largest absolute Gasteiger partial charge is 0.341 e. The number of rotatable bonds is 4. The van der Waals surface area contributed by atoms with Gasteiger partial charge in [0.25, 0.3) is 0 Å². The van der Waals surface area contributed by atoms with Crippen molar-refractivity contribution in [3.05, 3.63) is 70.3 Å². The lowest BCUT2D eigenvalue weighted by Gasteiger charge is -2.33. The van der Waals surface area contributed by atoms with E-state index in [2.05, 4.69) is 66.1 Å². The van der Waals surface area contributed by atoms with Gasteiger partial charge in [-0.1, -0.05) is 42.5 Å². The molecule has 2 aromatic rings. The van der Waals surface area contributed by atoms with Gasteiger partial charge in [-0.25, -0.2) is 0 Å². The van der Waals surface area contributed by atoms with Crippen molar-refractivity contribution in [2.45, 2.75) is 52.1 Å². The van der Waals surface area contributed by atoms with E-state index in [-0.39, 0.29) is 0 Å². The number of nitrogens with zero attached hydrogens (tertiary/aromatic N) is 2. The minimum atomic E-state index is 0.313. The molecule has 1 unspecified atom stereocenters. The molecule has 3 nitrogen and oxygen atoms in total. The van der Waals surface area contributed by atoms with Gasteiger partial charge in [-0.05, 0) is 60.9 Å². The summed E-state index contributed by atoms with van der Waals surface area (Å²) in [7, 11) is 0. The molecule has 0 N–H and O–H groups in total. The number of fused-ring (bicyclic) bond motifs is 1. The molecule has 2 heterocycles. The van der Waals surface area contributed by atoms with Gasteiger partial charge < -0.3 is 4.90 Å². The van der Waals surface area contributed by atoms with E-state index in [0.717, 1.165) is 45.4 Å². The van der Waals surface area contributed by atoms with E-state index in [0.29, 0.717) is 18.4 Å². The second-order valence-electron chi connectivity index (χ2n) is 8.19. The maximum atomic E-state index is 12.7. The van der Waals surface area contributed by atoms with Gasteiger partial charge in [0.05, 0.1) is 0 Å². The van der Waals surface area contributed by atoms with Crippen LogP contribution < -0.4 is 0 Å². The Morgan fingerprint density at radius 1 is 1.04 bits per heavy atom. The second-order valence-corrected chi connectivity index (χ2v) is 8.19. The van der Waals surface area contributed by atoms with Gasteiger partial charge in [-0.2, -0.15) is 0 Å². The molecule has 2 aromatic carbocycles. The van der Waals surface area contributed by atoms with Crippen molar-refractivity contribution in [1.29, 1.82) is 0 Å². The van der Waals surface area contributed by atoms with E-state index in [1.165, 1.54) is 27.8 Å². The standard InChI is InChI=1S/C24H30N2O/c1-18-7-8-20(15-19(18)2)9-10-24(27)26-14-12-23(17-26)25-13-11-21-5-3-4-6-22(21)16-25/h3-8,15,23H,9-14,16-17H2,1-2H3. The van der Waals surface area contributed by atoms with Crippen LogP contribution in [0.25, 0.3) is 0 Å². The minimum Gasteiger partial charge on any atom is -0.341 e. The Balaban J connectivity index is 1.30. The highest BCUT2D eigenvalue weighted by Gasteiger charge is 2.31. The van der Waals surface area contributed by atoms with Crippen molar-refractivity contribution < 1.29 is 4.79 Å². The Morgan fingerprint density at radius 2 is 1.85 bits per heavy atom. The van der Waals surface area contributed by atoms with Crippen LogP contribution in [0.3, 0.4) is 0 Å². The molecule has 1 saturated heterocycles. The molecule has 0 radical (unpaired) electrons. The number of hydrogen-bond acceptors (Lipinski definition) is 2. The smallest absolute Gasteiger partial charge is 0.222 e. The molecule has 1 amide bonds. The van der Waals surface area contributed by atoms with Crippen LogP contribution in [0.5, 0.6) is 0 Å². The van der Waals surface area contributed by atoms with Crippen molar-refractivity contribution in [3.8, 4) is 0 Å².